The highest BCUT2D eigenvalue weighted by Gasteiger charge is 2.28. The van der Waals surface area contributed by atoms with Crippen molar-refractivity contribution in [3.63, 3.8) is 0 Å². The van der Waals surface area contributed by atoms with E-state index in [1.807, 2.05) is 23.1 Å². The number of hydrogen-bond acceptors (Lipinski definition) is 4. The Morgan fingerprint density at radius 1 is 1.18 bits per heavy atom. The predicted octanol–water partition coefficient (Wildman–Crippen LogP) is 1.49. The maximum absolute atomic E-state index is 12.5. The van der Waals surface area contributed by atoms with Gasteiger partial charge in [0.1, 0.15) is 5.75 Å². The van der Waals surface area contributed by atoms with Gasteiger partial charge in [-0.25, -0.2) is 0 Å². The molecular weight excluding hydrogens is 278 g/mol. The number of piperidine rings is 1. The summed E-state index contributed by atoms with van der Waals surface area (Å²) in [6.45, 7) is 4.26. The number of amides is 1. The molecule has 2 fully saturated rings. The highest BCUT2D eigenvalue weighted by Crippen LogP contribution is 2.28. The normalized spacial score (nSPS) is 22.5. The van der Waals surface area contributed by atoms with E-state index >= 15 is 0 Å². The summed E-state index contributed by atoms with van der Waals surface area (Å²) in [5.41, 5.74) is 1.12. The minimum absolute atomic E-state index is 0.0339. The van der Waals surface area contributed by atoms with E-state index < -0.39 is 0 Å². The molecule has 2 aliphatic heterocycles. The van der Waals surface area contributed by atoms with Crippen LogP contribution in [0.4, 0.5) is 5.69 Å². The number of benzene rings is 1. The molecule has 0 spiro atoms. The number of piperazine rings is 1. The number of carbonyl (C=O) groups excluding carboxylic acids is 1. The Balaban J connectivity index is 1.59. The van der Waals surface area contributed by atoms with E-state index in [1.54, 1.807) is 7.11 Å². The molecule has 0 unspecified atom stereocenters. The van der Waals surface area contributed by atoms with Crippen molar-refractivity contribution in [2.75, 3.05) is 44.7 Å². The summed E-state index contributed by atoms with van der Waals surface area (Å²) in [7, 11) is 1.70. The number of ether oxygens (including phenoxy) is 1. The molecule has 0 bridgehead atoms. The zero-order chi connectivity index (χ0) is 15.4. The standard InChI is InChI=1S/C17H25N3O2/c1-22-16-8-3-2-7-15(16)19-10-12-20(13-11-19)17(21)14-6-4-5-9-18-14/h2-3,7-8,14,18H,4-6,9-13H2,1H3/t14-/m0/s1. The minimum Gasteiger partial charge on any atom is -0.495 e. The molecule has 2 heterocycles. The van der Waals surface area contributed by atoms with Gasteiger partial charge in [0.05, 0.1) is 18.8 Å². The summed E-state index contributed by atoms with van der Waals surface area (Å²) in [4.78, 5) is 16.9. The summed E-state index contributed by atoms with van der Waals surface area (Å²) < 4.78 is 5.44. The third kappa shape index (κ3) is 3.19. The topological polar surface area (TPSA) is 44.8 Å². The van der Waals surface area contributed by atoms with Gasteiger partial charge in [0.2, 0.25) is 5.91 Å². The van der Waals surface area contributed by atoms with Crippen molar-refractivity contribution in [1.29, 1.82) is 0 Å². The van der Waals surface area contributed by atoms with Crippen LogP contribution in [0.2, 0.25) is 0 Å². The van der Waals surface area contributed by atoms with Gasteiger partial charge in [-0.15, -0.1) is 0 Å². The molecule has 120 valence electrons. The molecule has 1 atom stereocenters. The van der Waals surface area contributed by atoms with Gasteiger partial charge in [-0.05, 0) is 31.5 Å². The summed E-state index contributed by atoms with van der Waals surface area (Å²) >= 11 is 0. The van der Waals surface area contributed by atoms with E-state index in [0.29, 0.717) is 0 Å². The van der Waals surface area contributed by atoms with Crippen LogP contribution in [0, 0.1) is 0 Å². The molecule has 3 rings (SSSR count). The monoisotopic (exact) mass is 303 g/mol. The Morgan fingerprint density at radius 3 is 2.64 bits per heavy atom. The van der Waals surface area contributed by atoms with Gasteiger partial charge in [-0.3, -0.25) is 4.79 Å². The quantitative estimate of drug-likeness (QED) is 0.919. The van der Waals surface area contributed by atoms with Gasteiger partial charge in [0.25, 0.3) is 0 Å². The second kappa shape index (κ2) is 7.01. The number of rotatable bonds is 3. The van der Waals surface area contributed by atoms with Crippen LogP contribution in [-0.2, 0) is 4.79 Å². The Kier molecular flexibility index (Phi) is 4.83. The maximum atomic E-state index is 12.5. The average Bonchev–Trinajstić information content (AvgIpc) is 2.62. The summed E-state index contributed by atoms with van der Waals surface area (Å²) in [5.74, 6) is 1.18. The number of hydrogen-bond donors (Lipinski definition) is 1. The first-order valence-electron chi connectivity index (χ1n) is 8.20. The van der Waals surface area contributed by atoms with Crippen LogP contribution in [0.15, 0.2) is 24.3 Å². The molecule has 1 aromatic rings. The Morgan fingerprint density at radius 2 is 1.95 bits per heavy atom. The van der Waals surface area contributed by atoms with Crippen molar-refractivity contribution in [2.24, 2.45) is 0 Å². The molecule has 0 aliphatic carbocycles. The molecule has 0 saturated carbocycles. The smallest absolute Gasteiger partial charge is 0.239 e. The van der Waals surface area contributed by atoms with Crippen LogP contribution < -0.4 is 15.0 Å². The molecule has 1 amide bonds. The van der Waals surface area contributed by atoms with Crippen molar-refractivity contribution < 1.29 is 9.53 Å². The lowest BCUT2D eigenvalue weighted by atomic mass is 10.0. The van der Waals surface area contributed by atoms with Crippen molar-refractivity contribution in [1.82, 2.24) is 10.2 Å². The molecule has 2 saturated heterocycles. The predicted molar refractivity (Wildman–Crippen MR) is 87.4 cm³/mol. The SMILES string of the molecule is COc1ccccc1N1CCN(C(=O)[C@@H]2CCCCN2)CC1. The third-order valence-electron chi connectivity index (χ3n) is 4.63. The first-order valence-corrected chi connectivity index (χ1v) is 8.20. The van der Waals surface area contributed by atoms with Crippen LogP contribution in [0.1, 0.15) is 19.3 Å². The lowest BCUT2D eigenvalue weighted by molar-refractivity contribution is -0.134. The molecule has 2 aliphatic rings. The maximum Gasteiger partial charge on any atom is 0.239 e. The fourth-order valence-electron chi connectivity index (χ4n) is 3.34. The van der Waals surface area contributed by atoms with Crippen LogP contribution in [0.25, 0.3) is 0 Å². The van der Waals surface area contributed by atoms with Gasteiger partial charge in [-0.1, -0.05) is 18.6 Å². The Labute approximate surface area is 132 Å². The zero-order valence-corrected chi connectivity index (χ0v) is 13.3. The van der Waals surface area contributed by atoms with Gasteiger partial charge in [-0.2, -0.15) is 0 Å². The first-order chi connectivity index (χ1) is 10.8. The van der Waals surface area contributed by atoms with Crippen LogP contribution in [-0.4, -0.2) is 56.7 Å². The summed E-state index contributed by atoms with van der Waals surface area (Å²) in [6, 6.07) is 8.11. The van der Waals surface area contributed by atoms with Crippen LogP contribution in [0.5, 0.6) is 5.75 Å². The number of nitrogens with one attached hydrogen (secondary N) is 1. The molecule has 5 nitrogen and oxygen atoms in total. The first kappa shape index (κ1) is 15.2. The molecule has 1 aromatic carbocycles. The van der Waals surface area contributed by atoms with Crippen molar-refractivity contribution in [3.05, 3.63) is 24.3 Å². The lowest BCUT2D eigenvalue weighted by Crippen LogP contribution is -2.55. The second-order valence-corrected chi connectivity index (χ2v) is 5.99. The van der Waals surface area contributed by atoms with Gasteiger partial charge in [0.15, 0.2) is 0 Å². The highest BCUT2D eigenvalue weighted by atomic mass is 16.5. The molecule has 0 aromatic heterocycles. The fraction of sp³-hybridized carbons (Fsp3) is 0.588. The Hall–Kier alpha value is -1.75. The number of methoxy groups -OCH3 is 1. The van der Waals surface area contributed by atoms with E-state index in [9.17, 15) is 4.79 Å². The number of carbonyl (C=O) groups is 1. The van der Waals surface area contributed by atoms with E-state index in [1.165, 1.54) is 6.42 Å². The van der Waals surface area contributed by atoms with Gasteiger partial charge >= 0.3 is 0 Å². The molecular formula is C17H25N3O2. The number of anilines is 1. The molecule has 0 radical (unpaired) electrons. The molecule has 22 heavy (non-hydrogen) atoms. The lowest BCUT2D eigenvalue weighted by Gasteiger charge is -2.38. The van der Waals surface area contributed by atoms with E-state index in [-0.39, 0.29) is 11.9 Å². The zero-order valence-electron chi connectivity index (χ0n) is 13.3. The highest BCUT2D eigenvalue weighted by molar-refractivity contribution is 5.82. The Bertz CT molecular complexity index is 506. The van der Waals surface area contributed by atoms with Crippen LogP contribution >= 0.6 is 0 Å². The number of para-hydroxylation sites is 2. The van der Waals surface area contributed by atoms with Gasteiger partial charge in [0, 0.05) is 26.2 Å². The van der Waals surface area contributed by atoms with Crippen molar-refractivity contribution in [2.45, 2.75) is 25.3 Å². The van der Waals surface area contributed by atoms with Gasteiger partial charge < -0.3 is 19.9 Å². The van der Waals surface area contributed by atoms with Crippen molar-refractivity contribution >= 4 is 11.6 Å². The second-order valence-electron chi connectivity index (χ2n) is 5.99. The average molecular weight is 303 g/mol. The minimum atomic E-state index is 0.0339. The third-order valence-corrected chi connectivity index (χ3v) is 4.63. The number of nitrogens with zero attached hydrogens (tertiary/aromatic N) is 2. The fourth-order valence-corrected chi connectivity index (χ4v) is 3.34. The molecule has 5 heteroatoms. The van der Waals surface area contributed by atoms with Crippen LogP contribution in [0.3, 0.4) is 0 Å². The largest absolute Gasteiger partial charge is 0.495 e. The summed E-state index contributed by atoms with van der Waals surface area (Å²) in [6.07, 6.45) is 3.32. The summed E-state index contributed by atoms with van der Waals surface area (Å²) in [5, 5.41) is 3.35. The van der Waals surface area contributed by atoms with E-state index in [2.05, 4.69) is 16.3 Å². The van der Waals surface area contributed by atoms with E-state index in [4.69, 9.17) is 4.74 Å². The van der Waals surface area contributed by atoms with E-state index in [0.717, 1.165) is 57.0 Å². The molecule has 1 N–H and O–H groups in total. The van der Waals surface area contributed by atoms with Crippen molar-refractivity contribution in [3.8, 4) is 5.75 Å².